The van der Waals surface area contributed by atoms with Crippen molar-refractivity contribution in [2.24, 2.45) is 0 Å². The van der Waals surface area contributed by atoms with E-state index in [2.05, 4.69) is 40.0 Å². The minimum absolute atomic E-state index is 0.206. The number of rotatable bonds is 3. The van der Waals surface area contributed by atoms with Crippen molar-refractivity contribution in [2.75, 3.05) is 13.1 Å². The molecule has 0 aromatic carbocycles. The Balaban J connectivity index is 1.51. The number of nitrogens with one attached hydrogen (secondary N) is 1. The number of carbonyl (C=O) groups is 1. The Hall–Kier alpha value is -1.29. The number of amides is 1. The summed E-state index contributed by atoms with van der Waals surface area (Å²) in [6, 6.07) is 5.00. The summed E-state index contributed by atoms with van der Waals surface area (Å²) >= 11 is 0. The zero-order chi connectivity index (χ0) is 15.4. The summed E-state index contributed by atoms with van der Waals surface area (Å²) in [6.45, 7) is 4.68. The molecule has 22 heavy (non-hydrogen) atoms. The van der Waals surface area contributed by atoms with E-state index in [1.807, 2.05) is 0 Å². The molecular weight excluding hydrogens is 274 g/mol. The molecule has 1 aromatic heterocycles. The average Bonchev–Trinajstić information content (AvgIpc) is 2.94. The number of fused-ring (bicyclic) bond motifs is 1. The number of carbonyl (C=O) groups excluding carboxylic acids is 1. The third-order valence-corrected chi connectivity index (χ3v) is 5.29. The molecule has 1 amide bonds. The molecule has 1 aromatic rings. The Bertz CT molecular complexity index is 488. The van der Waals surface area contributed by atoms with E-state index in [1.165, 1.54) is 37.8 Å². The molecule has 1 unspecified atom stereocenters. The first-order chi connectivity index (χ1) is 10.7. The fourth-order valence-electron chi connectivity index (χ4n) is 3.90. The molecule has 1 N–H and O–H groups in total. The highest BCUT2D eigenvalue weighted by molar-refractivity contribution is 5.78. The summed E-state index contributed by atoms with van der Waals surface area (Å²) in [5.41, 5.74) is 1.32. The summed E-state index contributed by atoms with van der Waals surface area (Å²) in [4.78, 5) is 14.7. The van der Waals surface area contributed by atoms with Gasteiger partial charge in [0, 0.05) is 37.1 Å². The lowest BCUT2D eigenvalue weighted by Crippen LogP contribution is -2.45. The first-order valence-electron chi connectivity index (χ1n) is 8.92. The van der Waals surface area contributed by atoms with Gasteiger partial charge in [0.25, 0.3) is 0 Å². The molecule has 0 spiro atoms. The lowest BCUT2D eigenvalue weighted by Gasteiger charge is -2.34. The van der Waals surface area contributed by atoms with Gasteiger partial charge in [-0.05, 0) is 31.9 Å². The predicted molar refractivity (Wildman–Crippen MR) is 88.7 cm³/mol. The third kappa shape index (κ3) is 3.72. The smallest absolute Gasteiger partial charge is 0.234 e. The Morgan fingerprint density at radius 3 is 2.68 bits per heavy atom. The largest absolute Gasteiger partial charge is 0.352 e. The number of hydrogen-bond acceptors (Lipinski definition) is 2. The van der Waals surface area contributed by atoms with Gasteiger partial charge in [0.05, 0.1) is 6.54 Å². The van der Waals surface area contributed by atoms with Gasteiger partial charge in [-0.25, -0.2) is 0 Å². The van der Waals surface area contributed by atoms with E-state index < -0.39 is 0 Å². The van der Waals surface area contributed by atoms with Crippen molar-refractivity contribution in [1.29, 1.82) is 0 Å². The first-order valence-corrected chi connectivity index (χ1v) is 8.92. The zero-order valence-electron chi connectivity index (χ0n) is 13.8. The van der Waals surface area contributed by atoms with Crippen LogP contribution in [0.4, 0.5) is 0 Å². The van der Waals surface area contributed by atoms with Gasteiger partial charge < -0.3 is 9.88 Å². The van der Waals surface area contributed by atoms with E-state index >= 15 is 0 Å². The van der Waals surface area contributed by atoms with Crippen LogP contribution in [-0.4, -0.2) is 34.5 Å². The Kier molecular flexibility index (Phi) is 5.19. The van der Waals surface area contributed by atoms with Crippen LogP contribution >= 0.6 is 0 Å². The van der Waals surface area contributed by atoms with Gasteiger partial charge >= 0.3 is 0 Å². The molecule has 1 saturated carbocycles. The van der Waals surface area contributed by atoms with E-state index in [1.54, 1.807) is 0 Å². The topological polar surface area (TPSA) is 37.3 Å². The van der Waals surface area contributed by atoms with Crippen molar-refractivity contribution in [3.8, 4) is 0 Å². The number of hydrogen-bond donors (Lipinski definition) is 1. The Morgan fingerprint density at radius 1 is 1.18 bits per heavy atom. The van der Waals surface area contributed by atoms with Gasteiger partial charge in [-0.1, -0.05) is 32.1 Å². The molecule has 0 saturated heterocycles. The SMILES string of the molecule is CC1c2cccn2CCN1CC(=O)NC1CCCCCCC1. The van der Waals surface area contributed by atoms with Crippen molar-refractivity contribution in [1.82, 2.24) is 14.8 Å². The van der Waals surface area contributed by atoms with Crippen LogP contribution in [-0.2, 0) is 11.3 Å². The van der Waals surface area contributed by atoms with Gasteiger partial charge in [0.2, 0.25) is 5.91 Å². The van der Waals surface area contributed by atoms with Gasteiger partial charge in [0.15, 0.2) is 0 Å². The monoisotopic (exact) mass is 303 g/mol. The van der Waals surface area contributed by atoms with Crippen LogP contribution in [0.15, 0.2) is 18.3 Å². The summed E-state index contributed by atoms with van der Waals surface area (Å²) in [5, 5.41) is 3.28. The van der Waals surface area contributed by atoms with Gasteiger partial charge in [-0.2, -0.15) is 0 Å². The molecule has 0 bridgehead atoms. The maximum atomic E-state index is 12.4. The molecule has 4 heteroatoms. The molecular formula is C18H29N3O. The fraction of sp³-hybridized carbons (Fsp3) is 0.722. The molecule has 2 heterocycles. The molecule has 4 nitrogen and oxygen atoms in total. The molecule has 2 aliphatic rings. The van der Waals surface area contributed by atoms with Crippen molar-refractivity contribution in [3.05, 3.63) is 24.0 Å². The minimum Gasteiger partial charge on any atom is -0.352 e. The zero-order valence-corrected chi connectivity index (χ0v) is 13.8. The van der Waals surface area contributed by atoms with E-state index in [9.17, 15) is 4.79 Å². The van der Waals surface area contributed by atoms with Crippen molar-refractivity contribution in [3.63, 3.8) is 0 Å². The molecule has 1 atom stereocenters. The quantitative estimate of drug-likeness (QED) is 0.931. The van der Waals surface area contributed by atoms with E-state index in [0.717, 1.165) is 25.9 Å². The normalized spacial score (nSPS) is 24.3. The predicted octanol–water partition coefficient (Wildman–Crippen LogP) is 3.09. The first kappa shape index (κ1) is 15.6. The second-order valence-corrected chi connectivity index (χ2v) is 6.88. The summed E-state index contributed by atoms with van der Waals surface area (Å²) in [5.74, 6) is 0.206. The van der Waals surface area contributed by atoms with Crippen LogP contribution in [0.25, 0.3) is 0 Å². The van der Waals surface area contributed by atoms with Gasteiger partial charge in [0.1, 0.15) is 0 Å². The third-order valence-electron chi connectivity index (χ3n) is 5.29. The van der Waals surface area contributed by atoms with Crippen LogP contribution in [0.2, 0.25) is 0 Å². The number of aromatic nitrogens is 1. The second-order valence-electron chi connectivity index (χ2n) is 6.88. The molecule has 0 radical (unpaired) electrons. The molecule has 122 valence electrons. The lowest BCUT2D eigenvalue weighted by atomic mass is 9.97. The maximum Gasteiger partial charge on any atom is 0.234 e. The Morgan fingerprint density at radius 2 is 1.91 bits per heavy atom. The van der Waals surface area contributed by atoms with Crippen LogP contribution in [0, 0.1) is 0 Å². The van der Waals surface area contributed by atoms with Crippen molar-refractivity contribution >= 4 is 5.91 Å². The lowest BCUT2D eigenvalue weighted by molar-refractivity contribution is -0.123. The fourth-order valence-corrected chi connectivity index (χ4v) is 3.90. The van der Waals surface area contributed by atoms with Crippen LogP contribution in [0.3, 0.4) is 0 Å². The molecule has 1 fully saturated rings. The van der Waals surface area contributed by atoms with Crippen LogP contribution in [0.1, 0.15) is 63.6 Å². The van der Waals surface area contributed by atoms with E-state index in [0.29, 0.717) is 18.6 Å². The van der Waals surface area contributed by atoms with E-state index in [-0.39, 0.29) is 5.91 Å². The second kappa shape index (κ2) is 7.32. The van der Waals surface area contributed by atoms with Crippen molar-refractivity contribution in [2.45, 2.75) is 70.5 Å². The average molecular weight is 303 g/mol. The summed E-state index contributed by atoms with van der Waals surface area (Å²) < 4.78 is 2.30. The Labute approximate surface area is 133 Å². The number of nitrogens with zero attached hydrogens (tertiary/aromatic N) is 2. The molecule has 3 rings (SSSR count). The highest BCUT2D eigenvalue weighted by Gasteiger charge is 2.25. The highest BCUT2D eigenvalue weighted by Crippen LogP contribution is 2.24. The van der Waals surface area contributed by atoms with Gasteiger partial charge in [-0.3, -0.25) is 9.69 Å². The summed E-state index contributed by atoms with van der Waals surface area (Å²) in [6.07, 6.45) is 11.0. The molecule has 1 aliphatic carbocycles. The standard InChI is InChI=1S/C18H29N3O/c1-15-17-10-7-11-20(17)12-13-21(15)14-18(22)19-16-8-5-3-2-4-6-9-16/h7,10-11,15-16H,2-6,8-9,12-14H2,1H3,(H,19,22). The highest BCUT2D eigenvalue weighted by atomic mass is 16.2. The molecule has 1 aliphatic heterocycles. The van der Waals surface area contributed by atoms with Crippen molar-refractivity contribution < 1.29 is 4.79 Å². The van der Waals surface area contributed by atoms with Crippen LogP contribution in [0.5, 0.6) is 0 Å². The van der Waals surface area contributed by atoms with Gasteiger partial charge in [-0.15, -0.1) is 0 Å². The maximum absolute atomic E-state index is 12.4. The van der Waals surface area contributed by atoms with Crippen LogP contribution < -0.4 is 5.32 Å². The minimum atomic E-state index is 0.206. The van der Waals surface area contributed by atoms with E-state index in [4.69, 9.17) is 0 Å². The summed E-state index contributed by atoms with van der Waals surface area (Å²) in [7, 11) is 0.